The molecule has 1 saturated carbocycles. The minimum absolute atomic E-state index is 0.683. The number of fused-ring (bicyclic) bond motifs is 1. The summed E-state index contributed by atoms with van der Waals surface area (Å²) in [6.07, 6.45) is 6.47. The number of nitrogens with zero attached hydrogens (tertiary/aromatic N) is 2. The maximum absolute atomic E-state index is 4.73. The van der Waals surface area contributed by atoms with Crippen molar-refractivity contribution in [2.75, 3.05) is 12.4 Å². The highest BCUT2D eigenvalue weighted by atomic mass is 14.9. The van der Waals surface area contributed by atoms with Gasteiger partial charge in [0.25, 0.3) is 0 Å². The van der Waals surface area contributed by atoms with E-state index in [1.807, 2.05) is 25.5 Å². The van der Waals surface area contributed by atoms with Gasteiger partial charge >= 0.3 is 0 Å². The van der Waals surface area contributed by atoms with Crippen LogP contribution in [0.25, 0.3) is 22.2 Å². The van der Waals surface area contributed by atoms with Crippen molar-refractivity contribution in [3.63, 3.8) is 0 Å². The first kappa shape index (κ1) is 11.5. The van der Waals surface area contributed by atoms with Gasteiger partial charge in [-0.25, -0.2) is 9.97 Å². The summed E-state index contributed by atoms with van der Waals surface area (Å²) in [6, 6.07) is 8.40. The fraction of sp³-hybridized carbons (Fsp3) is 0.250. The van der Waals surface area contributed by atoms with Crippen LogP contribution in [0.3, 0.4) is 0 Å². The van der Waals surface area contributed by atoms with Crippen molar-refractivity contribution in [1.29, 1.82) is 0 Å². The van der Waals surface area contributed by atoms with Crippen LogP contribution >= 0.6 is 0 Å². The van der Waals surface area contributed by atoms with E-state index in [9.17, 15) is 0 Å². The molecule has 4 rings (SSSR count). The normalized spacial score (nSPS) is 14.7. The molecule has 3 heterocycles. The van der Waals surface area contributed by atoms with Crippen LogP contribution in [0.5, 0.6) is 0 Å². The van der Waals surface area contributed by atoms with Gasteiger partial charge in [0.1, 0.15) is 11.5 Å². The highest BCUT2D eigenvalue weighted by molar-refractivity contribution is 5.93. The molecule has 100 valence electrons. The molecule has 3 aromatic heterocycles. The maximum Gasteiger partial charge on any atom is 0.138 e. The quantitative estimate of drug-likeness (QED) is 0.760. The largest absolute Gasteiger partial charge is 0.373 e. The number of aromatic amines is 1. The molecule has 0 saturated heterocycles. The van der Waals surface area contributed by atoms with Crippen LogP contribution in [0.1, 0.15) is 24.5 Å². The summed E-state index contributed by atoms with van der Waals surface area (Å²) in [6.45, 7) is 0. The smallest absolute Gasteiger partial charge is 0.138 e. The number of pyridine rings is 2. The SMILES string of the molecule is CNc1ccc(-c2c[nH]c3nc(C4CC4)ccc23)cn1. The average molecular weight is 264 g/mol. The summed E-state index contributed by atoms with van der Waals surface area (Å²) in [5.74, 6) is 1.56. The summed E-state index contributed by atoms with van der Waals surface area (Å²) in [5, 5.41) is 4.19. The van der Waals surface area contributed by atoms with E-state index in [0.717, 1.165) is 28.0 Å². The lowest BCUT2D eigenvalue weighted by molar-refractivity contribution is 1.04. The van der Waals surface area contributed by atoms with Gasteiger partial charge in [-0.2, -0.15) is 0 Å². The van der Waals surface area contributed by atoms with Crippen molar-refractivity contribution < 1.29 is 0 Å². The van der Waals surface area contributed by atoms with Crippen LogP contribution in [0.4, 0.5) is 5.82 Å². The van der Waals surface area contributed by atoms with Gasteiger partial charge in [0.2, 0.25) is 0 Å². The van der Waals surface area contributed by atoms with Crippen LogP contribution in [-0.4, -0.2) is 22.0 Å². The van der Waals surface area contributed by atoms with Gasteiger partial charge in [-0.3, -0.25) is 0 Å². The second kappa shape index (κ2) is 4.34. The van der Waals surface area contributed by atoms with E-state index in [4.69, 9.17) is 4.98 Å². The Balaban J connectivity index is 1.78. The standard InChI is InChI=1S/C16H16N4/c1-17-15-7-4-11(8-18-15)13-9-19-16-12(13)5-6-14(20-16)10-2-3-10/h4-10H,2-3H2,1H3,(H,17,18)(H,19,20). The molecular weight excluding hydrogens is 248 g/mol. The zero-order valence-corrected chi connectivity index (χ0v) is 11.4. The van der Waals surface area contributed by atoms with Gasteiger partial charge in [0, 0.05) is 47.6 Å². The number of rotatable bonds is 3. The molecule has 0 spiro atoms. The number of anilines is 1. The molecular formula is C16H16N4. The molecule has 0 unspecified atom stereocenters. The average Bonchev–Trinajstić information content (AvgIpc) is 3.27. The second-order valence-electron chi connectivity index (χ2n) is 5.29. The van der Waals surface area contributed by atoms with Crippen LogP contribution in [-0.2, 0) is 0 Å². The van der Waals surface area contributed by atoms with Crippen molar-refractivity contribution in [2.45, 2.75) is 18.8 Å². The molecule has 0 atom stereocenters. The van der Waals surface area contributed by atoms with E-state index in [1.54, 1.807) is 0 Å². The number of hydrogen-bond donors (Lipinski definition) is 2. The van der Waals surface area contributed by atoms with Gasteiger partial charge in [-0.05, 0) is 37.1 Å². The molecule has 4 heteroatoms. The number of nitrogens with one attached hydrogen (secondary N) is 2. The number of aromatic nitrogens is 3. The first-order chi connectivity index (χ1) is 9.85. The molecule has 1 fully saturated rings. The minimum atomic E-state index is 0.683. The van der Waals surface area contributed by atoms with Gasteiger partial charge in [-0.1, -0.05) is 0 Å². The van der Waals surface area contributed by atoms with E-state index in [-0.39, 0.29) is 0 Å². The van der Waals surface area contributed by atoms with E-state index < -0.39 is 0 Å². The third-order valence-electron chi connectivity index (χ3n) is 3.89. The molecule has 0 radical (unpaired) electrons. The Kier molecular flexibility index (Phi) is 2.49. The van der Waals surface area contributed by atoms with E-state index in [0.29, 0.717) is 5.92 Å². The van der Waals surface area contributed by atoms with Crippen LogP contribution < -0.4 is 5.32 Å². The Labute approximate surface area is 117 Å². The van der Waals surface area contributed by atoms with E-state index >= 15 is 0 Å². The molecule has 3 aromatic rings. The first-order valence-electron chi connectivity index (χ1n) is 6.97. The summed E-state index contributed by atoms with van der Waals surface area (Å²) in [4.78, 5) is 12.4. The van der Waals surface area contributed by atoms with Crippen molar-refractivity contribution >= 4 is 16.9 Å². The monoisotopic (exact) mass is 264 g/mol. The molecule has 0 bridgehead atoms. The fourth-order valence-electron chi connectivity index (χ4n) is 2.57. The first-order valence-corrected chi connectivity index (χ1v) is 6.97. The van der Waals surface area contributed by atoms with E-state index in [1.165, 1.54) is 18.5 Å². The predicted octanol–water partition coefficient (Wildman–Crippen LogP) is 3.54. The Hall–Kier alpha value is -2.36. The molecule has 0 aromatic carbocycles. The lowest BCUT2D eigenvalue weighted by Gasteiger charge is -2.02. The van der Waals surface area contributed by atoms with Crippen LogP contribution in [0.15, 0.2) is 36.7 Å². The summed E-state index contributed by atoms with van der Waals surface area (Å²) in [7, 11) is 1.87. The predicted molar refractivity (Wildman–Crippen MR) is 80.8 cm³/mol. The molecule has 20 heavy (non-hydrogen) atoms. The summed E-state index contributed by atoms with van der Waals surface area (Å²) >= 11 is 0. The second-order valence-corrected chi connectivity index (χ2v) is 5.29. The van der Waals surface area contributed by atoms with Gasteiger partial charge < -0.3 is 10.3 Å². The van der Waals surface area contributed by atoms with Crippen molar-refractivity contribution in [2.24, 2.45) is 0 Å². The minimum Gasteiger partial charge on any atom is -0.373 e. The highest BCUT2D eigenvalue weighted by Crippen LogP contribution is 2.40. The van der Waals surface area contributed by atoms with Crippen molar-refractivity contribution in [3.8, 4) is 11.1 Å². The Morgan fingerprint density at radius 3 is 2.80 bits per heavy atom. The van der Waals surface area contributed by atoms with Crippen molar-refractivity contribution in [3.05, 3.63) is 42.4 Å². The maximum atomic E-state index is 4.73. The molecule has 2 N–H and O–H groups in total. The zero-order chi connectivity index (χ0) is 13.5. The summed E-state index contributed by atoms with van der Waals surface area (Å²) in [5.41, 5.74) is 4.46. The van der Waals surface area contributed by atoms with Crippen molar-refractivity contribution in [1.82, 2.24) is 15.0 Å². The third kappa shape index (κ3) is 1.84. The molecule has 0 amide bonds. The van der Waals surface area contributed by atoms with Gasteiger partial charge in [-0.15, -0.1) is 0 Å². The Morgan fingerprint density at radius 1 is 1.20 bits per heavy atom. The topological polar surface area (TPSA) is 53.6 Å². The highest BCUT2D eigenvalue weighted by Gasteiger charge is 2.25. The fourth-order valence-corrected chi connectivity index (χ4v) is 2.57. The third-order valence-corrected chi connectivity index (χ3v) is 3.89. The summed E-state index contributed by atoms with van der Waals surface area (Å²) < 4.78 is 0. The molecule has 0 aliphatic heterocycles. The number of hydrogen-bond acceptors (Lipinski definition) is 3. The van der Waals surface area contributed by atoms with Crippen LogP contribution in [0, 0.1) is 0 Å². The molecule has 1 aliphatic carbocycles. The van der Waals surface area contributed by atoms with E-state index in [2.05, 4.69) is 33.5 Å². The zero-order valence-electron chi connectivity index (χ0n) is 11.4. The Morgan fingerprint density at radius 2 is 2.10 bits per heavy atom. The van der Waals surface area contributed by atoms with Crippen LogP contribution in [0.2, 0.25) is 0 Å². The molecule has 4 nitrogen and oxygen atoms in total. The molecule has 1 aliphatic rings. The lowest BCUT2D eigenvalue weighted by Crippen LogP contribution is -1.91. The van der Waals surface area contributed by atoms with Gasteiger partial charge in [0.15, 0.2) is 0 Å². The number of H-pyrrole nitrogens is 1. The Bertz CT molecular complexity index is 754. The van der Waals surface area contributed by atoms with Gasteiger partial charge in [0.05, 0.1) is 0 Å². The lowest BCUT2D eigenvalue weighted by atomic mass is 10.1.